The molecule has 0 saturated heterocycles. The molecule has 3 aromatic carbocycles. The highest BCUT2D eigenvalue weighted by molar-refractivity contribution is 5.87. The van der Waals surface area contributed by atoms with Crippen LogP contribution in [0.1, 0.15) is 56.1 Å². The summed E-state index contributed by atoms with van der Waals surface area (Å²) in [5.74, 6) is 3.68. The maximum atomic E-state index is 12.5. The van der Waals surface area contributed by atoms with Crippen LogP contribution in [0, 0.1) is 17.3 Å². The predicted octanol–water partition coefficient (Wildman–Crippen LogP) is 6.76. The molecule has 3 nitrogen and oxygen atoms in total. The minimum absolute atomic E-state index is 0.0741. The van der Waals surface area contributed by atoms with Gasteiger partial charge in [0.05, 0.1) is 0 Å². The second-order valence-corrected chi connectivity index (χ2v) is 9.96. The molecular weight excluding hydrogens is 384 g/mol. The number of aromatic hydroxyl groups is 1. The number of ether oxygens (including phenoxy) is 1. The van der Waals surface area contributed by atoms with E-state index in [9.17, 15) is 9.90 Å². The van der Waals surface area contributed by atoms with Crippen molar-refractivity contribution >= 4 is 16.6 Å². The van der Waals surface area contributed by atoms with Gasteiger partial charge in [-0.15, -0.1) is 0 Å². The predicted molar refractivity (Wildman–Crippen MR) is 122 cm³/mol. The molecule has 2 saturated carbocycles. The van der Waals surface area contributed by atoms with Crippen LogP contribution in [0.25, 0.3) is 10.8 Å². The molecular formula is C28H28O3. The number of phenolic OH excluding ortho intramolecular Hbond substituents is 1. The Morgan fingerprint density at radius 1 is 0.968 bits per heavy atom. The topological polar surface area (TPSA) is 46.5 Å². The molecule has 0 spiro atoms. The van der Waals surface area contributed by atoms with Gasteiger partial charge in [-0.1, -0.05) is 37.3 Å². The number of phenols is 1. The summed E-state index contributed by atoms with van der Waals surface area (Å²) in [6.45, 7) is 2.23. The van der Waals surface area contributed by atoms with Crippen LogP contribution in [0.4, 0.5) is 0 Å². The van der Waals surface area contributed by atoms with Crippen molar-refractivity contribution in [1.29, 1.82) is 0 Å². The van der Waals surface area contributed by atoms with Crippen molar-refractivity contribution in [2.75, 3.05) is 0 Å². The largest absolute Gasteiger partial charge is 0.504 e. The quantitative estimate of drug-likeness (QED) is 0.506. The van der Waals surface area contributed by atoms with E-state index in [-0.39, 0.29) is 11.2 Å². The Morgan fingerprint density at radius 3 is 2.61 bits per heavy atom. The van der Waals surface area contributed by atoms with Crippen LogP contribution in [0.3, 0.4) is 0 Å². The Hall–Kier alpha value is -2.81. The van der Waals surface area contributed by atoms with Crippen LogP contribution in [-0.2, 0) is 11.2 Å². The summed E-state index contributed by atoms with van der Waals surface area (Å²) in [4.78, 5) is 12.5. The Bertz CT molecular complexity index is 1200. The van der Waals surface area contributed by atoms with Crippen molar-refractivity contribution in [3.8, 4) is 17.2 Å². The second-order valence-electron chi connectivity index (χ2n) is 9.96. The monoisotopic (exact) mass is 412 g/mol. The van der Waals surface area contributed by atoms with E-state index < -0.39 is 0 Å². The van der Waals surface area contributed by atoms with Crippen LogP contribution < -0.4 is 4.74 Å². The summed E-state index contributed by atoms with van der Waals surface area (Å²) in [7, 11) is 0. The van der Waals surface area contributed by atoms with Crippen LogP contribution in [0.15, 0.2) is 54.6 Å². The number of rotatable bonds is 2. The number of benzene rings is 3. The fraction of sp³-hybridized carbons (Fsp3) is 0.393. The van der Waals surface area contributed by atoms with Gasteiger partial charge in [0, 0.05) is 11.8 Å². The SMILES string of the molecule is C[C@]12CC[C@@H]3c4ccc(Oc5cc6ccccc6cc5O)cc4CC[C@H]3[C@@H]1CCC2=O. The standard InChI is InChI=1S/C28H28O3/c1-28-13-12-22-21-9-7-20(14-19(21)6-8-23(22)24(28)10-11-27(28)30)31-26-16-18-5-3-2-4-17(18)15-25(26)29/h2-5,7,9,14-16,22-24,29H,6,8,10-13H2,1H3/t22-,23-,24+,28+/m1/s1. The van der Waals surface area contributed by atoms with E-state index in [4.69, 9.17) is 4.74 Å². The van der Waals surface area contributed by atoms with Gasteiger partial charge in [0.1, 0.15) is 11.5 Å². The first kappa shape index (κ1) is 18.9. The minimum Gasteiger partial charge on any atom is -0.504 e. The lowest BCUT2D eigenvalue weighted by Crippen LogP contribution is -2.42. The molecule has 2 fully saturated rings. The van der Waals surface area contributed by atoms with E-state index in [2.05, 4.69) is 19.1 Å². The molecule has 31 heavy (non-hydrogen) atoms. The van der Waals surface area contributed by atoms with Gasteiger partial charge >= 0.3 is 0 Å². The zero-order chi connectivity index (χ0) is 21.2. The van der Waals surface area contributed by atoms with Crippen molar-refractivity contribution < 1.29 is 14.6 Å². The number of hydrogen-bond acceptors (Lipinski definition) is 3. The normalized spacial score (nSPS) is 29.3. The van der Waals surface area contributed by atoms with Gasteiger partial charge in [-0.2, -0.15) is 0 Å². The van der Waals surface area contributed by atoms with Crippen molar-refractivity contribution in [3.63, 3.8) is 0 Å². The van der Waals surface area contributed by atoms with E-state index in [0.717, 1.165) is 55.0 Å². The van der Waals surface area contributed by atoms with Gasteiger partial charge in [-0.25, -0.2) is 0 Å². The molecule has 0 unspecified atom stereocenters. The third-order valence-electron chi connectivity index (χ3n) is 8.46. The van der Waals surface area contributed by atoms with Gasteiger partial charge in [-0.3, -0.25) is 4.79 Å². The average Bonchev–Trinajstić information content (AvgIpc) is 3.08. The maximum Gasteiger partial charge on any atom is 0.169 e. The third-order valence-corrected chi connectivity index (χ3v) is 8.46. The average molecular weight is 413 g/mol. The molecule has 3 heteroatoms. The van der Waals surface area contributed by atoms with E-state index in [0.29, 0.717) is 29.3 Å². The summed E-state index contributed by atoms with van der Waals surface area (Å²) in [5, 5.41) is 12.5. The first-order chi connectivity index (χ1) is 15.0. The van der Waals surface area contributed by atoms with Crippen LogP contribution in [0.5, 0.6) is 17.2 Å². The Kier molecular flexibility index (Phi) is 4.18. The lowest BCUT2D eigenvalue weighted by Gasteiger charge is -2.48. The highest BCUT2D eigenvalue weighted by atomic mass is 16.5. The molecule has 6 rings (SSSR count). The zero-order valence-electron chi connectivity index (χ0n) is 17.9. The number of aryl methyl sites for hydroxylation is 1. The van der Waals surface area contributed by atoms with E-state index in [1.165, 1.54) is 11.1 Å². The fourth-order valence-corrected chi connectivity index (χ4v) is 6.81. The van der Waals surface area contributed by atoms with Crippen molar-refractivity contribution in [3.05, 3.63) is 65.7 Å². The lowest BCUT2D eigenvalue weighted by molar-refractivity contribution is -0.129. The van der Waals surface area contributed by atoms with Gasteiger partial charge in [0.15, 0.2) is 11.5 Å². The van der Waals surface area contributed by atoms with Gasteiger partial charge in [-0.05, 0) is 96.0 Å². The zero-order valence-corrected chi connectivity index (χ0v) is 17.9. The van der Waals surface area contributed by atoms with E-state index >= 15 is 0 Å². The third kappa shape index (κ3) is 2.90. The molecule has 3 aliphatic carbocycles. The van der Waals surface area contributed by atoms with Crippen molar-refractivity contribution in [2.45, 2.75) is 51.4 Å². The number of Topliss-reactive ketones (excluding diaryl/α,β-unsaturated/α-hetero) is 1. The highest BCUT2D eigenvalue weighted by Crippen LogP contribution is 2.59. The molecule has 0 bridgehead atoms. The Balaban J connectivity index is 1.29. The Labute approximate surface area is 183 Å². The Morgan fingerprint density at radius 2 is 1.77 bits per heavy atom. The van der Waals surface area contributed by atoms with Crippen molar-refractivity contribution in [2.24, 2.45) is 17.3 Å². The number of carbonyl (C=O) groups is 1. The van der Waals surface area contributed by atoms with Crippen LogP contribution in [0.2, 0.25) is 0 Å². The number of ketones is 1. The van der Waals surface area contributed by atoms with Crippen molar-refractivity contribution in [1.82, 2.24) is 0 Å². The summed E-state index contributed by atoms with van der Waals surface area (Å²) in [6, 6.07) is 18.1. The number of fused-ring (bicyclic) bond motifs is 6. The van der Waals surface area contributed by atoms with E-state index in [1.54, 1.807) is 6.07 Å². The molecule has 0 heterocycles. The maximum absolute atomic E-state index is 12.5. The van der Waals surface area contributed by atoms with Gasteiger partial charge < -0.3 is 9.84 Å². The molecule has 0 aliphatic heterocycles. The molecule has 4 atom stereocenters. The second kappa shape index (κ2) is 6.85. The lowest BCUT2D eigenvalue weighted by atomic mass is 9.55. The summed E-state index contributed by atoms with van der Waals surface area (Å²) in [5.41, 5.74) is 2.75. The first-order valence-corrected chi connectivity index (χ1v) is 11.6. The van der Waals surface area contributed by atoms with Gasteiger partial charge in [0.25, 0.3) is 0 Å². The molecule has 0 radical (unpaired) electrons. The van der Waals surface area contributed by atoms with Crippen LogP contribution in [-0.4, -0.2) is 10.9 Å². The number of hydrogen-bond donors (Lipinski definition) is 1. The first-order valence-electron chi connectivity index (χ1n) is 11.6. The molecule has 158 valence electrons. The smallest absolute Gasteiger partial charge is 0.169 e. The van der Waals surface area contributed by atoms with Crippen LogP contribution >= 0.6 is 0 Å². The minimum atomic E-state index is -0.0741. The molecule has 0 aromatic heterocycles. The summed E-state index contributed by atoms with van der Waals surface area (Å²) in [6.07, 6.45) is 6.20. The molecule has 0 amide bonds. The number of carbonyl (C=O) groups excluding carboxylic acids is 1. The molecule has 3 aliphatic rings. The van der Waals surface area contributed by atoms with Gasteiger partial charge in [0.2, 0.25) is 0 Å². The summed E-state index contributed by atoms with van der Waals surface area (Å²) < 4.78 is 6.12. The molecule has 1 N–H and O–H groups in total. The summed E-state index contributed by atoms with van der Waals surface area (Å²) >= 11 is 0. The highest BCUT2D eigenvalue weighted by Gasteiger charge is 2.54. The molecule has 3 aromatic rings. The fourth-order valence-electron chi connectivity index (χ4n) is 6.81. The van der Waals surface area contributed by atoms with E-state index in [1.807, 2.05) is 36.4 Å².